The van der Waals surface area contributed by atoms with Crippen LogP contribution in [0.3, 0.4) is 0 Å². The van der Waals surface area contributed by atoms with Crippen molar-refractivity contribution in [2.24, 2.45) is 23.3 Å². The average molecular weight is 319 g/mol. The minimum atomic E-state index is 0.213. The van der Waals surface area contributed by atoms with Gasteiger partial charge in [-0.3, -0.25) is 0 Å². The molecule has 20 heavy (non-hydrogen) atoms. The predicted molar refractivity (Wildman–Crippen MR) is 86.8 cm³/mol. The van der Waals surface area contributed by atoms with Gasteiger partial charge in [-0.2, -0.15) is 0 Å². The van der Waals surface area contributed by atoms with E-state index in [1.165, 1.54) is 0 Å². The van der Waals surface area contributed by atoms with Gasteiger partial charge >= 0.3 is 0 Å². The van der Waals surface area contributed by atoms with E-state index in [1.807, 2.05) is 13.0 Å². The number of rotatable bonds is 7. The maximum atomic E-state index is 6.25. The summed E-state index contributed by atoms with van der Waals surface area (Å²) in [6, 6.07) is 3.63. The fourth-order valence-corrected chi connectivity index (χ4v) is 3.00. The smallest absolute Gasteiger partial charge is 0.141 e. The Hall–Kier alpha value is -0.480. The van der Waals surface area contributed by atoms with Crippen molar-refractivity contribution < 1.29 is 4.74 Å². The zero-order chi connectivity index (χ0) is 15.3. The average Bonchev–Trinajstić information content (AvgIpc) is 2.42. The summed E-state index contributed by atoms with van der Waals surface area (Å²) in [5.41, 5.74) is 12.6. The van der Waals surface area contributed by atoms with Gasteiger partial charge in [0.15, 0.2) is 0 Å². The van der Waals surface area contributed by atoms with Crippen LogP contribution < -0.4 is 16.2 Å². The Labute approximate surface area is 131 Å². The van der Waals surface area contributed by atoms with Crippen LogP contribution >= 0.6 is 23.2 Å². The zero-order valence-electron chi connectivity index (χ0n) is 12.3. The summed E-state index contributed by atoms with van der Waals surface area (Å²) in [5, 5.41) is 1.16. The summed E-state index contributed by atoms with van der Waals surface area (Å²) in [4.78, 5) is 0. The molecule has 0 aliphatic rings. The lowest BCUT2D eigenvalue weighted by Gasteiger charge is -2.29. The van der Waals surface area contributed by atoms with Crippen LogP contribution in [0.15, 0.2) is 12.1 Å². The van der Waals surface area contributed by atoms with Crippen LogP contribution in [-0.2, 0) is 0 Å². The van der Waals surface area contributed by atoms with E-state index in [-0.39, 0.29) is 11.8 Å². The van der Waals surface area contributed by atoms with Gasteiger partial charge < -0.3 is 16.2 Å². The minimum absolute atomic E-state index is 0.213. The maximum absolute atomic E-state index is 6.25. The van der Waals surface area contributed by atoms with Gasteiger partial charge in [-0.25, -0.2) is 0 Å². The van der Waals surface area contributed by atoms with Crippen molar-refractivity contribution in [1.82, 2.24) is 0 Å². The Kier molecular flexibility index (Phi) is 7.10. The first-order valence-electron chi connectivity index (χ1n) is 6.98. The van der Waals surface area contributed by atoms with Gasteiger partial charge in [-0.15, -0.1) is 0 Å². The van der Waals surface area contributed by atoms with E-state index in [4.69, 9.17) is 39.4 Å². The lowest BCUT2D eigenvalue weighted by Crippen LogP contribution is -2.31. The topological polar surface area (TPSA) is 61.3 Å². The first kappa shape index (κ1) is 17.6. The molecule has 0 heterocycles. The molecule has 0 aliphatic carbocycles. The van der Waals surface area contributed by atoms with Crippen LogP contribution in [0.25, 0.3) is 0 Å². The van der Waals surface area contributed by atoms with E-state index in [0.717, 1.165) is 5.56 Å². The van der Waals surface area contributed by atoms with Crippen LogP contribution in [0, 0.1) is 11.8 Å². The molecular formula is C15H24Cl2N2O. The fourth-order valence-electron chi connectivity index (χ4n) is 2.43. The Morgan fingerprint density at radius 2 is 1.75 bits per heavy atom. The third-order valence-corrected chi connectivity index (χ3v) is 4.45. The van der Waals surface area contributed by atoms with Gasteiger partial charge in [0.25, 0.3) is 0 Å². The van der Waals surface area contributed by atoms with Gasteiger partial charge in [0.2, 0.25) is 0 Å². The summed E-state index contributed by atoms with van der Waals surface area (Å²) in [5.74, 6) is 1.51. The molecule has 0 saturated heterocycles. The predicted octanol–water partition coefficient (Wildman–Crippen LogP) is 3.67. The van der Waals surface area contributed by atoms with E-state index in [0.29, 0.717) is 41.4 Å². The molecule has 1 aromatic rings. The molecule has 2 atom stereocenters. The summed E-state index contributed by atoms with van der Waals surface area (Å²) in [6.45, 7) is 7.92. The molecule has 0 spiro atoms. The molecule has 0 bridgehead atoms. The van der Waals surface area contributed by atoms with Gasteiger partial charge in [0.1, 0.15) is 5.75 Å². The zero-order valence-corrected chi connectivity index (χ0v) is 13.8. The lowest BCUT2D eigenvalue weighted by atomic mass is 9.80. The molecule has 0 aliphatic heterocycles. The number of hydrogen-bond acceptors (Lipinski definition) is 3. The monoisotopic (exact) mass is 318 g/mol. The quantitative estimate of drug-likeness (QED) is 0.806. The van der Waals surface area contributed by atoms with E-state index in [2.05, 4.69) is 13.8 Å². The van der Waals surface area contributed by atoms with Crippen LogP contribution in [-0.4, -0.2) is 19.7 Å². The first-order chi connectivity index (χ1) is 9.46. The Bertz CT molecular complexity index is 436. The highest BCUT2D eigenvalue weighted by atomic mass is 35.5. The number of ether oxygens (including phenoxy) is 1. The van der Waals surface area contributed by atoms with E-state index >= 15 is 0 Å². The SMILES string of the molecule is CCOc1c(Cl)cc(Cl)cc1C(C)C(C)C(CN)CN. The van der Waals surface area contributed by atoms with Gasteiger partial charge in [-0.05, 0) is 49.9 Å². The first-order valence-corrected chi connectivity index (χ1v) is 7.73. The fraction of sp³-hybridized carbons (Fsp3) is 0.600. The molecule has 114 valence electrons. The molecule has 1 aromatic carbocycles. The summed E-state index contributed by atoms with van der Waals surface area (Å²) in [6.07, 6.45) is 0. The van der Waals surface area contributed by atoms with Crippen molar-refractivity contribution in [3.05, 3.63) is 27.7 Å². The molecular weight excluding hydrogens is 295 g/mol. The largest absolute Gasteiger partial charge is 0.492 e. The van der Waals surface area contributed by atoms with Crippen molar-refractivity contribution in [2.45, 2.75) is 26.7 Å². The molecule has 0 fully saturated rings. The van der Waals surface area contributed by atoms with Crippen molar-refractivity contribution >= 4 is 23.2 Å². The van der Waals surface area contributed by atoms with Crippen LogP contribution in [0.5, 0.6) is 5.75 Å². The molecule has 0 amide bonds. The highest BCUT2D eigenvalue weighted by Gasteiger charge is 2.25. The molecule has 5 heteroatoms. The molecule has 0 aromatic heterocycles. The van der Waals surface area contributed by atoms with E-state index in [9.17, 15) is 0 Å². The van der Waals surface area contributed by atoms with E-state index < -0.39 is 0 Å². The number of hydrogen-bond donors (Lipinski definition) is 2. The number of benzene rings is 1. The highest BCUT2D eigenvalue weighted by Crippen LogP contribution is 2.40. The summed E-state index contributed by atoms with van der Waals surface area (Å²) in [7, 11) is 0. The number of halogens is 2. The number of nitrogens with two attached hydrogens (primary N) is 2. The Balaban J connectivity index is 3.16. The van der Waals surface area contributed by atoms with Crippen molar-refractivity contribution in [3.8, 4) is 5.75 Å². The van der Waals surface area contributed by atoms with Gasteiger partial charge in [0, 0.05) is 10.6 Å². The normalized spacial score (nSPS) is 14.4. The second kappa shape index (κ2) is 8.08. The second-order valence-corrected chi connectivity index (χ2v) is 5.96. The second-order valence-electron chi connectivity index (χ2n) is 5.12. The molecule has 0 saturated carbocycles. The molecule has 0 radical (unpaired) electrons. The maximum Gasteiger partial charge on any atom is 0.141 e. The van der Waals surface area contributed by atoms with Crippen LogP contribution in [0.2, 0.25) is 10.0 Å². The van der Waals surface area contributed by atoms with Crippen LogP contribution in [0.1, 0.15) is 32.3 Å². The Morgan fingerprint density at radius 1 is 1.15 bits per heavy atom. The molecule has 2 unspecified atom stereocenters. The van der Waals surface area contributed by atoms with Gasteiger partial charge in [0.05, 0.1) is 11.6 Å². The van der Waals surface area contributed by atoms with Crippen LogP contribution in [0.4, 0.5) is 0 Å². The van der Waals surface area contributed by atoms with Gasteiger partial charge in [-0.1, -0.05) is 37.0 Å². The Morgan fingerprint density at radius 3 is 2.25 bits per heavy atom. The third-order valence-electron chi connectivity index (χ3n) is 3.95. The third kappa shape index (κ3) is 4.01. The molecule has 4 N–H and O–H groups in total. The molecule has 1 rings (SSSR count). The summed E-state index contributed by atoms with van der Waals surface area (Å²) < 4.78 is 5.69. The standard InChI is InChI=1S/C15H24Cl2N2O/c1-4-20-15-13(5-12(16)6-14(15)17)10(3)9(2)11(7-18)8-19/h5-6,9-11H,4,7-8,18-19H2,1-3H3. The van der Waals surface area contributed by atoms with Crippen molar-refractivity contribution in [1.29, 1.82) is 0 Å². The van der Waals surface area contributed by atoms with Crippen molar-refractivity contribution in [3.63, 3.8) is 0 Å². The highest BCUT2D eigenvalue weighted by molar-refractivity contribution is 6.35. The van der Waals surface area contributed by atoms with E-state index in [1.54, 1.807) is 6.07 Å². The summed E-state index contributed by atoms with van der Waals surface area (Å²) >= 11 is 12.4. The van der Waals surface area contributed by atoms with Crippen molar-refractivity contribution in [2.75, 3.05) is 19.7 Å². The minimum Gasteiger partial charge on any atom is -0.492 e. The molecule has 3 nitrogen and oxygen atoms in total. The lowest BCUT2D eigenvalue weighted by molar-refractivity contribution is 0.305.